The van der Waals surface area contributed by atoms with Crippen LogP contribution in [0.25, 0.3) is 0 Å². The summed E-state index contributed by atoms with van der Waals surface area (Å²) in [6.07, 6.45) is 7.57. The van der Waals surface area contributed by atoms with E-state index in [0.717, 1.165) is 23.4 Å². The largest absolute Gasteiger partial charge is 0.376 e. The number of aromatic nitrogens is 2. The van der Waals surface area contributed by atoms with Crippen molar-refractivity contribution in [3.8, 4) is 0 Å². The monoisotopic (exact) mass is 283 g/mol. The Bertz CT molecular complexity index is 366. The minimum atomic E-state index is 0.368. The number of hydrogen-bond acceptors (Lipinski definition) is 4. The lowest BCUT2D eigenvalue weighted by Crippen LogP contribution is -2.31. The van der Waals surface area contributed by atoms with Crippen LogP contribution in [0, 0.1) is 5.92 Å². The molecule has 2 aliphatic rings. The number of hydrogen-bond donors (Lipinski definition) is 1. The van der Waals surface area contributed by atoms with Gasteiger partial charge in [-0.3, -0.25) is 0 Å². The summed E-state index contributed by atoms with van der Waals surface area (Å²) in [5.41, 5.74) is 0. The van der Waals surface area contributed by atoms with Gasteiger partial charge in [-0.05, 0) is 41.1 Å². The highest BCUT2D eigenvalue weighted by atomic mass is 79.9. The van der Waals surface area contributed by atoms with E-state index in [1.54, 1.807) is 12.4 Å². The van der Waals surface area contributed by atoms with Crippen LogP contribution in [0.4, 0.5) is 5.95 Å². The topological polar surface area (TPSA) is 47.0 Å². The van der Waals surface area contributed by atoms with Gasteiger partial charge in [0, 0.05) is 19.0 Å². The van der Waals surface area contributed by atoms with E-state index in [1.807, 2.05) is 0 Å². The molecular formula is C11H14BrN3O. The van der Waals surface area contributed by atoms with Gasteiger partial charge in [-0.2, -0.15) is 0 Å². The molecule has 0 amide bonds. The molecule has 3 rings (SSSR count). The van der Waals surface area contributed by atoms with Crippen LogP contribution < -0.4 is 5.32 Å². The Morgan fingerprint density at radius 1 is 1.25 bits per heavy atom. The van der Waals surface area contributed by atoms with Crippen LogP contribution in [0.3, 0.4) is 0 Å². The van der Waals surface area contributed by atoms with Gasteiger partial charge in [0.2, 0.25) is 5.95 Å². The Balaban J connectivity index is 1.66. The quantitative estimate of drug-likeness (QED) is 0.924. The Hall–Kier alpha value is -0.680. The summed E-state index contributed by atoms with van der Waals surface area (Å²) in [6.45, 7) is 0.857. The molecule has 1 N–H and O–H groups in total. The summed E-state index contributed by atoms with van der Waals surface area (Å²) in [5, 5.41) is 3.37. The molecule has 2 heterocycles. The lowest BCUT2D eigenvalue weighted by Gasteiger charge is -2.19. The fourth-order valence-electron chi connectivity index (χ4n) is 2.21. The predicted molar refractivity (Wildman–Crippen MR) is 64.2 cm³/mol. The van der Waals surface area contributed by atoms with Crippen molar-refractivity contribution < 1.29 is 4.74 Å². The zero-order chi connectivity index (χ0) is 11.0. The summed E-state index contributed by atoms with van der Waals surface area (Å²) < 4.78 is 6.66. The standard InChI is InChI=1S/C11H14BrN3O/c12-8-5-13-11(14-6-8)15-9-3-4-16-10(9)7-1-2-7/h5-7,9-10H,1-4H2,(H,13,14,15). The molecule has 86 valence electrons. The number of rotatable bonds is 3. The molecule has 1 aromatic heterocycles. The first-order valence-corrected chi connectivity index (χ1v) is 6.48. The van der Waals surface area contributed by atoms with Crippen molar-refractivity contribution in [2.45, 2.75) is 31.4 Å². The highest BCUT2D eigenvalue weighted by Crippen LogP contribution is 2.39. The average Bonchev–Trinajstić information content (AvgIpc) is 3.03. The van der Waals surface area contributed by atoms with E-state index < -0.39 is 0 Å². The molecule has 2 unspecified atom stereocenters. The molecule has 2 atom stereocenters. The summed E-state index contributed by atoms with van der Waals surface area (Å²) in [4.78, 5) is 8.46. The second kappa shape index (κ2) is 4.30. The molecule has 0 bridgehead atoms. The summed E-state index contributed by atoms with van der Waals surface area (Å²) in [7, 11) is 0. The smallest absolute Gasteiger partial charge is 0.222 e. The van der Waals surface area contributed by atoms with Gasteiger partial charge in [0.15, 0.2) is 0 Å². The summed E-state index contributed by atoms with van der Waals surface area (Å²) >= 11 is 3.33. The molecule has 2 fully saturated rings. The van der Waals surface area contributed by atoms with Crippen LogP contribution >= 0.6 is 15.9 Å². The lowest BCUT2D eigenvalue weighted by atomic mass is 10.1. The molecule has 1 saturated heterocycles. The summed E-state index contributed by atoms with van der Waals surface area (Å²) in [6, 6.07) is 0.383. The fourth-order valence-corrected chi connectivity index (χ4v) is 2.41. The van der Waals surface area contributed by atoms with Crippen molar-refractivity contribution in [2.75, 3.05) is 11.9 Å². The molecule has 5 heteroatoms. The molecule has 0 spiro atoms. The van der Waals surface area contributed by atoms with Gasteiger partial charge in [0.1, 0.15) is 0 Å². The second-order valence-corrected chi connectivity index (χ2v) is 5.35. The molecule has 1 aromatic rings. The molecule has 0 aromatic carbocycles. The normalized spacial score (nSPS) is 29.3. The first-order chi connectivity index (χ1) is 7.83. The zero-order valence-electron chi connectivity index (χ0n) is 8.90. The van der Waals surface area contributed by atoms with Gasteiger partial charge in [-0.25, -0.2) is 9.97 Å². The lowest BCUT2D eigenvalue weighted by molar-refractivity contribution is 0.0897. The highest BCUT2D eigenvalue weighted by molar-refractivity contribution is 9.10. The van der Waals surface area contributed by atoms with Crippen LogP contribution in [0.2, 0.25) is 0 Å². The van der Waals surface area contributed by atoms with Crippen molar-refractivity contribution in [1.29, 1.82) is 0 Å². The van der Waals surface area contributed by atoms with E-state index in [4.69, 9.17) is 4.74 Å². The maximum absolute atomic E-state index is 5.76. The van der Waals surface area contributed by atoms with Crippen LogP contribution in [0.1, 0.15) is 19.3 Å². The molecule has 1 saturated carbocycles. The molecular weight excluding hydrogens is 270 g/mol. The third kappa shape index (κ3) is 2.20. The number of ether oxygens (including phenoxy) is 1. The van der Waals surface area contributed by atoms with Crippen molar-refractivity contribution in [3.63, 3.8) is 0 Å². The number of halogens is 1. The molecule has 1 aliphatic carbocycles. The minimum Gasteiger partial charge on any atom is -0.376 e. The Morgan fingerprint density at radius 3 is 2.69 bits per heavy atom. The third-order valence-electron chi connectivity index (χ3n) is 3.16. The maximum Gasteiger partial charge on any atom is 0.222 e. The van der Waals surface area contributed by atoms with Crippen molar-refractivity contribution >= 4 is 21.9 Å². The van der Waals surface area contributed by atoms with E-state index in [-0.39, 0.29) is 0 Å². The molecule has 0 radical (unpaired) electrons. The highest BCUT2D eigenvalue weighted by Gasteiger charge is 2.40. The van der Waals surface area contributed by atoms with Gasteiger partial charge in [-0.15, -0.1) is 0 Å². The fraction of sp³-hybridized carbons (Fsp3) is 0.636. The van der Waals surface area contributed by atoms with Gasteiger partial charge >= 0.3 is 0 Å². The first kappa shape index (κ1) is 10.5. The van der Waals surface area contributed by atoms with Gasteiger partial charge in [0.25, 0.3) is 0 Å². The van der Waals surface area contributed by atoms with E-state index >= 15 is 0 Å². The van der Waals surface area contributed by atoms with Crippen molar-refractivity contribution in [3.05, 3.63) is 16.9 Å². The number of nitrogens with zero attached hydrogens (tertiary/aromatic N) is 2. The van der Waals surface area contributed by atoms with E-state index in [0.29, 0.717) is 18.1 Å². The van der Waals surface area contributed by atoms with Crippen molar-refractivity contribution in [2.24, 2.45) is 5.92 Å². The average molecular weight is 284 g/mol. The van der Waals surface area contributed by atoms with E-state index in [9.17, 15) is 0 Å². The molecule has 4 nitrogen and oxygen atoms in total. The van der Waals surface area contributed by atoms with E-state index in [1.165, 1.54) is 12.8 Å². The van der Waals surface area contributed by atoms with Crippen LogP contribution in [0.15, 0.2) is 16.9 Å². The van der Waals surface area contributed by atoms with Gasteiger partial charge in [0.05, 0.1) is 16.6 Å². The van der Waals surface area contributed by atoms with Crippen LogP contribution in [-0.2, 0) is 4.74 Å². The van der Waals surface area contributed by atoms with Crippen LogP contribution in [0.5, 0.6) is 0 Å². The van der Waals surface area contributed by atoms with Crippen LogP contribution in [-0.4, -0.2) is 28.7 Å². The van der Waals surface area contributed by atoms with Crippen molar-refractivity contribution in [1.82, 2.24) is 9.97 Å². The second-order valence-electron chi connectivity index (χ2n) is 4.44. The molecule has 16 heavy (non-hydrogen) atoms. The zero-order valence-corrected chi connectivity index (χ0v) is 10.5. The molecule has 1 aliphatic heterocycles. The maximum atomic E-state index is 5.76. The SMILES string of the molecule is Brc1cnc(NC2CCOC2C2CC2)nc1. The predicted octanol–water partition coefficient (Wildman–Crippen LogP) is 2.22. The van der Waals surface area contributed by atoms with E-state index in [2.05, 4.69) is 31.2 Å². The first-order valence-electron chi connectivity index (χ1n) is 5.68. The summed E-state index contributed by atoms with van der Waals surface area (Å²) in [5.74, 6) is 1.46. The van der Waals surface area contributed by atoms with Gasteiger partial charge < -0.3 is 10.1 Å². The van der Waals surface area contributed by atoms with Gasteiger partial charge in [-0.1, -0.05) is 0 Å². The minimum absolute atomic E-state index is 0.368. The number of anilines is 1. The Kier molecular flexibility index (Phi) is 2.81. The Labute approximate surface area is 103 Å². The third-order valence-corrected chi connectivity index (χ3v) is 3.57. The number of nitrogens with one attached hydrogen (secondary N) is 1. The Morgan fingerprint density at radius 2 is 2.00 bits per heavy atom.